The lowest BCUT2D eigenvalue weighted by Crippen LogP contribution is -2.42. The standard InChI is InChI=1S/C12H14N6O3S/c1-18-12(15-16-17-18)22-7-10(19)13-14-11(20)8-3-5-9(21-2)6-4-8/h3-6H,7H2,1-2H3,(H,13,19)(H,14,20). The third-order valence-corrected chi connectivity index (χ3v) is 3.59. The van der Waals surface area contributed by atoms with Gasteiger partial charge in [0, 0.05) is 12.6 Å². The van der Waals surface area contributed by atoms with Crippen molar-refractivity contribution in [2.45, 2.75) is 5.16 Å². The van der Waals surface area contributed by atoms with Crippen LogP contribution in [0, 0.1) is 0 Å². The zero-order valence-electron chi connectivity index (χ0n) is 11.9. The number of nitrogens with one attached hydrogen (secondary N) is 2. The Labute approximate surface area is 130 Å². The number of hydrazine groups is 1. The van der Waals surface area contributed by atoms with Gasteiger partial charge in [-0.1, -0.05) is 11.8 Å². The highest BCUT2D eigenvalue weighted by atomic mass is 32.2. The molecule has 0 bridgehead atoms. The number of aromatic nitrogens is 4. The number of hydrogen-bond acceptors (Lipinski definition) is 7. The fraction of sp³-hybridized carbons (Fsp3) is 0.250. The van der Waals surface area contributed by atoms with Crippen LogP contribution >= 0.6 is 11.8 Å². The summed E-state index contributed by atoms with van der Waals surface area (Å²) in [5.41, 5.74) is 5.06. The van der Waals surface area contributed by atoms with Crippen molar-refractivity contribution in [2.75, 3.05) is 12.9 Å². The van der Waals surface area contributed by atoms with Gasteiger partial charge < -0.3 is 4.74 Å². The summed E-state index contributed by atoms with van der Waals surface area (Å²) in [6.07, 6.45) is 0. The van der Waals surface area contributed by atoms with E-state index in [1.54, 1.807) is 38.4 Å². The highest BCUT2D eigenvalue weighted by Crippen LogP contribution is 2.12. The molecule has 0 aliphatic heterocycles. The molecule has 0 saturated heterocycles. The molecule has 1 aromatic carbocycles. The van der Waals surface area contributed by atoms with Gasteiger partial charge in [0.1, 0.15) is 5.75 Å². The van der Waals surface area contributed by atoms with Gasteiger partial charge in [-0.3, -0.25) is 20.4 Å². The second kappa shape index (κ2) is 7.41. The van der Waals surface area contributed by atoms with E-state index in [0.717, 1.165) is 11.8 Å². The summed E-state index contributed by atoms with van der Waals surface area (Å²) in [7, 11) is 3.21. The summed E-state index contributed by atoms with van der Waals surface area (Å²) in [6.45, 7) is 0. The maximum Gasteiger partial charge on any atom is 0.269 e. The molecule has 9 nitrogen and oxygen atoms in total. The van der Waals surface area contributed by atoms with Crippen LogP contribution in [0.1, 0.15) is 10.4 Å². The second-order valence-corrected chi connectivity index (χ2v) is 5.05. The monoisotopic (exact) mass is 322 g/mol. The van der Waals surface area contributed by atoms with Crippen molar-refractivity contribution in [3.63, 3.8) is 0 Å². The molecule has 0 radical (unpaired) electrons. The molecule has 2 N–H and O–H groups in total. The Kier molecular flexibility index (Phi) is 5.31. The van der Waals surface area contributed by atoms with Gasteiger partial charge in [-0.2, -0.15) is 0 Å². The molecule has 0 saturated carbocycles. The Balaban J connectivity index is 1.77. The van der Waals surface area contributed by atoms with Gasteiger partial charge in [-0.25, -0.2) is 4.68 Å². The Morgan fingerprint density at radius 2 is 2.00 bits per heavy atom. The van der Waals surface area contributed by atoms with Crippen molar-refractivity contribution in [3.8, 4) is 5.75 Å². The van der Waals surface area contributed by atoms with E-state index >= 15 is 0 Å². The van der Waals surface area contributed by atoms with Gasteiger partial charge in [0.2, 0.25) is 11.1 Å². The van der Waals surface area contributed by atoms with Gasteiger partial charge in [-0.05, 0) is 34.7 Å². The minimum atomic E-state index is -0.415. The normalized spacial score (nSPS) is 10.1. The SMILES string of the molecule is COc1ccc(C(=O)NNC(=O)CSc2nnnn2C)cc1. The zero-order chi connectivity index (χ0) is 15.9. The van der Waals surface area contributed by atoms with Crippen molar-refractivity contribution in [2.24, 2.45) is 7.05 Å². The molecule has 22 heavy (non-hydrogen) atoms. The third-order valence-electron chi connectivity index (χ3n) is 2.58. The molecular weight excluding hydrogens is 308 g/mol. The summed E-state index contributed by atoms with van der Waals surface area (Å²) in [4.78, 5) is 23.5. The number of benzene rings is 1. The molecule has 0 aliphatic carbocycles. The van der Waals surface area contributed by atoms with Gasteiger partial charge >= 0.3 is 0 Å². The zero-order valence-corrected chi connectivity index (χ0v) is 12.8. The number of carbonyl (C=O) groups excluding carboxylic acids is 2. The van der Waals surface area contributed by atoms with Gasteiger partial charge in [0.25, 0.3) is 5.91 Å². The fourth-order valence-corrected chi connectivity index (χ4v) is 2.10. The molecule has 0 unspecified atom stereocenters. The van der Waals surface area contributed by atoms with Crippen LogP contribution in [-0.4, -0.2) is 44.9 Å². The highest BCUT2D eigenvalue weighted by molar-refractivity contribution is 7.99. The lowest BCUT2D eigenvalue weighted by atomic mass is 10.2. The number of rotatable bonds is 5. The molecule has 0 aliphatic rings. The molecule has 0 fully saturated rings. The Hall–Kier alpha value is -2.62. The molecule has 2 amide bonds. The number of thioether (sulfide) groups is 1. The van der Waals surface area contributed by atoms with Crippen LogP contribution in [0.4, 0.5) is 0 Å². The smallest absolute Gasteiger partial charge is 0.269 e. The first-order valence-corrected chi connectivity index (χ1v) is 7.17. The minimum Gasteiger partial charge on any atom is -0.497 e. The molecule has 10 heteroatoms. The van der Waals surface area contributed by atoms with E-state index < -0.39 is 5.91 Å². The van der Waals surface area contributed by atoms with E-state index in [1.165, 1.54) is 4.68 Å². The molecular formula is C12H14N6O3S. The number of ether oxygens (including phenoxy) is 1. The molecule has 1 aromatic heterocycles. The van der Waals surface area contributed by atoms with Crippen LogP contribution < -0.4 is 15.6 Å². The lowest BCUT2D eigenvalue weighted by molar-refractivity contribution is -0.119. The quantitative estimate of drug-likeness (QED) is 0.578. The van der Waals surface area contributed by atoms with E-state index in [1.807, 2.05) is 0 Å². The summed E-state index contributed by atoms with van der Waals surface area (Å²) in [5, 5.41) is 11.3. The predicted molar refractivity (Wildman–Crippen MR) is 78.1 cm³/mol. The summed E-state index contributed by atoms with van der Waals surface area (Å²) in [6, 6.07) is 6.52. The number of tetrazole rings is 1. The first kappa shape index (κ1) is 15.8. The summed E-state index contributed by atoms with van der Waals surface area (Å²) in [5.74, 6) is -0.0534. The van der Waals surface area contributed by atoms with Crippen LogP contribution in [-0.2, 0) is 11.8 Å². The average Bonchev–Trinajstić information content (AvgIpc) is 2.95. The van der Waals surface area contributed by atoms with Crippen LogP contribution in [0.25, 0.3) is 0 Å². The van der Waals surface area contributed by atoms with E-state index in [4.69, 9.17) is 4.74 Å². The van der Waals surface area contributed by atoms with Crippen molar-refractivity contribution in [3.05, 3.63) is 29.8 Å². The largest absolute Gasteiger partial charge is 0.497 e. The number of hydrogen-bond donors (Lipinski definition) is 2. The van der Waals surface area contributed by atoms with Crippen LogP contribution in [0.2, 0.25) is 0 Å². The lowest BCUT2D eigenvalue weighted by Gasteiger charge is -2.07. The average molecular weight is 322 g/mol. The second-order valence-electron chi connectivity index (χ2n) is 4.10. The molecule has 2 aromatic rings. The fourth-order valence-electron chi connectivity index (χ4n) is 1.45. The molecule has 0 atom stereocenters. The van der Waals surface area contributed by atoms with Gasteiger partial charge in [-0.15, -0.1) is 5.10 Å². The van der Waals surface area contributed by atoms with Crippen LogP contribution in [0.5, 0.6) is 5.75 Å². The van der Waals surface area contributed by atoms with E-state index in [-0.39, 0.29) is 11.7 Å². The van der Waals surface area contributed by atoms with Crippen molar-refractivity contribution >= 4 is 23.6 Å². The van der Waals surface area contributed by atoms with E-state index in [2.05, 4.69) is 26.4 Å². The van der Waals surface area contributed by atoms with Crippen LogP contribution in [0.3, 0.4) is 0 Å². The van der Waals surface area contributed by atoms with Gasteiger partial charge in [0.15, 0.2) is 0 Å². The molecule has 0 spiro atoms. The molecule has 116 valence electrons. The predicted octanol–water partition coefficient (Wildman–Crippen LogP) is -0.228. The number of amides is 2. The number of carbonyl (C=O) groups is 2. The Bertz CT molecular complexity index is 657. The van der Waals surface area contributed by atoms with E-state index in [0.29, 0.717) is 16.5 Å². The number of nitrogens with zero attached hydrogens (tertiary/aromatic N) is 4. The summed E-state index contributed by atoms with van der Waals surface area (Å²) >= 11 is 1.16. The Morgan fingerprint density at radius 1 is 1.27 bits per heavy atom. The maximum absolute atomic E-state index is 11.8. The van der Waals surface area contributed by atoms with Crippen molar-refractivity contribution < 1.29 is 14.3 Å². The first-order chi connectivity index (χ1) is 10.6. The van der Waals surface area contributed by atoms with Crippen molar-refractivity contribution in [1.29, 1.82) is 0 Å². The number of methoxy groups -OCH3 is 1. The summed E-state index contributed by atoms with van der Waals surface area (Å²) < 4.78 is 6.45. The van der Waals surface area contributed by atoms with Crippen molar-refractivity contribution in [1.82, 2.24) is 31.1 Å². The molecule has 1 heterocycles. The minimum absolute atomic E-state index is 0.0805. The number of aryl methyl sites for hydroxylation is 1. The van der Waals surface area contributed by atoms with E-state index in [9.17, 15) is 9.59 Å². The first-order valence-electron chi connectivity index (χ1n) is 6.18. The maximum atomic E-state index is 11.8. The molecule has 2 rings (SSSR count). The topological polar surface area (TPSA) is 111 Å². The van der Waals surface area contributed by atoms with Gasteiger partial charge in [0.05, 0.1) is 12.9 Å². The highest BCUT2D eigenvalue weighted by Gasteiger charge is 2.10. The third kappa shape index (κ3) is 4.19. The Morgan fingerprint density at radius 3 is 2.59 bits per heavy atom. The van der Waals surface area contributed by atoms with Crippen LogP contribution in [0.15, 0.2) is 29.4 Å².